The second-order valence-electron chi connectivity index (χ2n) is 11.2. The zero-order valence-corrected chi connectivity index (χ0v) is 22.0. The molecule has 202 valence electrons. The molecule has 3 amide bonds. The molecule has 3 aromatic carbocycles. The number of likely N-dealkylation sites (tertiary alicyclic amines) is 1. The maximum Gasteiger partial charge on any atom is 0.250 e. The van der Waals surface area contributed by atoms with Crippen molar-refractivity contribution in [2.24, 2.45) is 17.8 Å². The number of aliphatic hydroxyl groups excluding tert-OH is 1. The maximum atomic E-state index is 14.2. The number of carbonyl (C=O) groups is 3. The number of fused-ring (bicyclic) bond motifs is 2. The first-order chi connectivity index (χ1) is 18.8. The summed E-state index contributed by atoms with van der Waals surface area (Å²) in [6.45, 7) is 3.53. The third kappa shape index (κ3) is 4.10. The highest BCUT2D eigenvalue weighted by Crippen LogP contribution is 2.59. The molecular weight excluding hydrogens is 494 g/mol. The minimum atomic E-state index is -1.14. The average Bonchev–Trinajstić information content (AvgIpc) is 3.57. The fourth-order valence-corrected chi connectivity index (χ4v) is 6.89. The third-order valence-corrected chi connectivity index (χ3v) is 8.66. The van der Waals surface area contributed by atoms with Gasteiger partial charge in [0.05, 0.1) is 30.6 Å². The van der Waals surface area contributed by atoms with Crippen LogP contribution in [0, 0.1) is 17.8 Å². The van der Waals surface area contributed by atoms with Crippen LogP contribution in [0.3, 0.4) is 0 Å². The molecule has 2 unspecified atom stereocenters. The predicted octanol–water partition coefficient (Wildman–Crippen LogP) is 3.81. The molecular formula is C31H33N3O5. The van der Waals surface area contributed by atoms with E-state index in [1.54, 1.807) is 12.1 Å². The van der Waals surface area contributed by atoms with Crippen molar-refractivity contribution < 1.29 is 24.2 Å². The lowest BCUT2D eigenvalue weighted by Gasteiger charge is -2.38. The van der Waals surface area contributed by atoms with Crippen LogP contribution in [0.4, 0.5) is 11.4 Å². The number of benzene rings is 3. The number of anilines is 2. The summed E-state index contributed by atoms with van der Waals surface area (Å²) < 4.78 is 6.51. The first-order valence-electron chi connectivity index (χ1n) is 13.6. The molecule has 39 heavy (non-hydrogen) atoms. The van der Waals surface area contributed by atoms with Crippen LogP contribution in [0.15, 0.2) is 72.8 Å². The lowest BCUT2D eigenvalue weighted by molar-refractivity contribution is -0.144. The second kappa shape index (κ2) is 9.77. The van der Waals surface area contributed by atoms with E-state index in [9.17, 15) is 19.5 Å². The molecule has 8 nitrogen and oxygen atoms in total. The second-order valence-corrected chi connectivity index (χ2v) is 11.2. The van der Waals surface area contributed by atoms with Crippen LogP contribution in [0.5, 0.6) is 0 Å². The molecule has 6 rings (SSSR count). The molecule has 0 aliphatic carbocycles. The highest BCUT2D eigenvalue weighted by atomic mass is 16.5. The fourth-order valence-electron chi connectivity index (χ4n) is 6.89. The van der Waals surface area contributed by atoms with Crippen molar-refractivity contribution in [3.05, 3.63) is 72.8 Å². The molecule has 3 N–H and O–H groups in total. The van der Waals surface area contributed by atoms with E-state index in [1.807, 2.05) is 74.5 Å². The van der Waals surface area contributed by atoms with Gasteiger partial charge in [-0.3, -0.25) is 14.4 Å². The topological polar surface area (TPSA) is 108 Å². The Morgan fingerprint density at radius 1 is 0.974 bits per heavy atom. The minimum absolute atomic E-state index is 0.112. The summed E-state index contributed by atoms with van der Waals surface area (Å²) in [5.74, 6) is -2.61. The Bertz CT molecular complexity index is 1430. The summed E-state index contributed by atoms with van der Waals surface area (Å²) >= 11 is 0. The van der Waals surface area contributed by atoms with Crippen LogP contribution in [-0.2, 0) is 19.1 Å². The third-order valence-electron chi connectivity index (χ3n) is 8.66. The van der Waals surface area contributed by atoms with Crippen molar-refractivity contribution in [2.45, 2.75) is 50.5 Å². The Balaban J connectivity index is 1.36. The number of rotatable bonds is 7. The molecule has 0 aromatic heterocycles. The van der Waals surface area contributed by atoms with E-state index in [4.69, 9.17) is 4.74 Å². The van der Waals surface area contributed by atoms with Gasteiger partial charge in [-0.2, -0.15) is 0 Å². The summed E-state index contributed by atoms with van der Waals surface area (Å²) in [6.07, 6.45) is 0.619. The monoisotopic (exact) mass is 527 g/mol. The normalized spacial score (nSPS) is 28.1. The van der Waals surface area contributed by atoms with E-state index in [2.05, 4.69) is 10.6 Å². The highest BCUT2D eigenvalue weighted by Gasteiger charge is 2.75. The molecule has 0 saturated carbocycles. The summed E-state index contributed by atoms with van der Waals surface area (Å²) in [7, 11) is 0. The predicted molar refractivity (Wildman–Crippen MR) is 148 cm³/mol. The number of hydrogen-bond acceptors (Lipinski definition) is 5. The molecule has 3 aliphatic rings. The van der Waals surface area contributed by atoms with Crippen LogP contribution >= 0.6 is 0 Å². The first-order valence-corrected chi connectivity index (χ1v) is 13.6. The lowest BCUT2D eigenvalue weighted by Crippen LogP contribution is -2.57. The number of nitrogens with zero attached hydrogens (tertiary/aromatic N) is 1. The van der Waals surface area contributed by atoms with Gasteiger partial charge < -0.3 is 25.4 Å². The van der Waals surface area contributed by atoms with Gasteiger partial charge in [-0.1, -0.05) is 62.4 Å². The van der Waals surface area contributed by atoms with Gasteiger partial charge in [0.1, 0.15) is 11.6 Å². The number of para-hydroxylation sites is 1. The van der Waals surface area contributed by atoms with Crippen LogP contribution in [0.1, 0.15) is 26.7 Å². The standard InChI is InChI=1S/C31H33N3O5/c1-18(2)23(17-35)34-27(29(37)33-22-13-12-19-8-6-7-9-20(19)16-22)31-15-14-24(39-31)25(26(31)30(34)38)28(36)32-21-10-4-3-5-11-21/h3-13,16,18,23-27,35H,14-15,17H2,1-2H3,(H,32,36)(H,33,37)/t23-,24-,25+,26-,27?,31?/m0/s1. The zero-order chi connectivity index (χ0) is 27.3. The minimum Gasteiger partial charge on any atom is -0.394 e. The van der Waals surface area contributed by atoms with Gasteiger partial charge in [0.2, 0.25) is 17.7 Å². The summed E-state index contributed by atoms with van der Waals surface area (Å²) in [6, 6.07) is 21.1. The number of carbonyl (C=O) groups excluding carboxylic acids is 3. The molecule has 1 spiro atoms. The van der Waals surface area contributed by atoms with E-state index < -0.39 is 35.6 Å². The highest BCUT2D eigenvalue weighted by molar-refractivity contribution is 6.05. The van der Waals surface area contributed by atoms with Gasteiger partial charge in [-0.25, -0.2) is 0 Å². The quantitative estimate of drug-likeness (QED) is 0.433. The van der Waals surface area contributed by atoms with Crippen LogP contribution in [-0.4, -0.2) is 58.1 Å². The Hall–Kier alpha value is -3.75. The molecule has 3 aliphatic heterocycles. The van der Waals surface area contributed by atoms with Gasteiger partial charge in [0, 0.05) is 11.4 Å². The molecule has 3 aromatic rings. The Morgan fingerprint density at radius 2 is 1.67 bits per heavy atom. The van der Waals surface area contributed by atoms with Crippen molar-refractivity contribution in [3.63, 3.8) is 0 Å². The Morgan fingerprint density at radius 3 is 2.38 bits per heavy atom. The summed E-state index contributed by atoms with van der Waals surface area (Å²) in [4.78, 5) is 43.3. The Kier molecular flexibility index (Phi) is 6.40. The number of nitrogens with one attached hydrogen (secondary N) is 2. The molecule has 3 fully saturated rings. The number of aliphatic hydroxyl groups is 1. The first kappa shape index (κ1) is 25.5. The van der Waals surface area contributed by atoms with Crippen molar-refractivity contribution in [2.75, 3.05) is 17.2 Å². The fraction of sp³-hybridized carbons (Fsp3) is 0.387. The van der Waals surface area contributed by atoms with Crippen molar-refractivity contribution in [1.29, 1.82) is 0 Å². The summed E-state index contributed by atoms with van der Waals surface area (Å²) in [5, 5.41) is 18.3. The van der Waals surface area contributed by atoms with Crippen LogP contribution in [0.25, 0.3) is 10.8 Å². The number of ether oxygens (including phenoxy) is 1. The molecule has 2 bridgehead atoms. The maximum absolute atomic E-state index is 14.2. The molecule has 3 heterocycles. The van der Waals surface area contributed by atoms with Gasteiger partial charge in [0.25, 0.3) is 0 Å². The lowest BCUT2D eigenvalue weighted by atomic mass is 9.70. The largest absolute Gasteiger partial charge is 0.394 e. The van der Waals surface area contributed by atoms with E-state index in [0.29, 0.717) is 24.2 Å². The van der Waals surface area contributed by atoms with Crippen molar-refractivity contribution in [3.8, 4) is 0 Å². The average molecular weight is 528 g/mol. The van der Waals surface area contributed by atoms with Crippen LogP contribution < -0.4 is 10.6 Å². The van der Waals surface area contributed by atoms with Gasteiger partial charge in [-0.05, 0) is 53.8 Å². The van der Waals surface area contributed by atoms with E-state index in [1.165, 1.54) is 4.90 Å². The van der Waals surface area contributed by atoms with Crippen molar-refractivity contribution >= 4 is 39.9 Å². The van der Waals surface area contributed by atoms with Gasteiger partial charge >= 0.3 is 0 Å². The number of amides is 3. The van der Waals surface area contributed by atoms with Gasteiger partial charge in [0.15, 0.2) is 0 Å². The Labute approximate surface area is 227 Å². The summed E-state index contributed by atoms with van der Waals surface area (Å²) in [5.41, 5.74) is 0.119. The SMILES string of the molecule is CC(C)[C@H](CO)N1C(=O)[C@@H]2[C@H](C(=O)Nc3ccccc3)[C@@H]3CCC2(O3)C1C(=O)Nc1ccc2ccccc2c1. The smallest absolute Gasteiger partial charge is 0.250 e. The van der Waals surface area contributed by atoms with Crippen LogP contribution in [0.2, 0.25) is 0 Å². The van der Waals surface area contributed by atoms with Gasteiger partial charge in [-0.15, -0.1) is 0 Å². The van der Waals surface area contributed by atoms with E-state index >= 15 is 0 Å². The molecule has 8 heteroatoms. The molecule has 6 atom stereocenters. The molecule has 3 saturated heterocycles. The zero-order valence-electron chi connectivity index (χ0n) is 22.0. The van der Waals surface area contributed by atoms with Crippen molar-refractivity contribution in [1.82, 2.24) is 4.90 Å². The number of hydrogen-bond donors (Lipinski definition) is 3. The van der Waals surface area contributed by atoms with E-state index in [-0.39, 0.29) is 30.2 Å². The van der Waals surface area contributed by atoms with E-state index in [0.717, 1.165) is 10.8 Å². The molecule has 0 radical (unpaired) electrons.